The van der Waals surface area contributed by atoms with E-state index in [0.717, 1.165) is 41.3 Å². The molecule has 1 heterocycles. The molecule has 0 aliphatic carbocycles. The van der Waals surface area contributed by atoms with E-state index < -0.39 is 48.7 Å². The summed E-state index contributed by atoms with van der Waals surface area (Å²) in [5, 5.41) is 2.28. The minimum absolute atomic E-state index is 0.0145. The van der Waals surface area contributed by atoms with E-state index in [1.54, 1.807) is 14.2 Å². The van der Waals surface area contributed by atoms with Gasteiger partial charge in [0.25, 0.3) is 8.32 Å². The number of hydrogen-bond donors (Lipinski definition) is 0. The van der Waals surface area contributed by atoms with Gasteiger partial charge in [0.1, 0.15) is 23.2 Å². The average Bonchev–Trinajstić information content (AvgIpc) is 3.70. The molecule has 418 valence electrons. The van der Waals surface area contributed by atoms with Crippen LogP contribution in [0.1, 0.15) is 116 Å². The van der Waals surface area contributed by atoms with Gasteiger partial charge in [-0.2, -0.15) is 0 Å². The minimum Gasteiger partial charge on any atom is -0.497 e. The molecule has 1 saturated heterocycles. The van der Waals surface area contributed by atoms with Gasteiger partial charge in [-0.25, -0.2) is 4.79 Å². The Labute approximate surface area is 461 Å². The Bertz CT molecular complexity index is 2410. The van der Waals surface area contributed by atoms with Crippen molar-refractivity contribution in [2.75, 3.05) is 34.2 Å². The van der Waals surface area contributed by atoms with Gasteiger partial charge in [-0.15, -0.1) is 0 Å². The van der Waals surface area contributed by atoms with E-state index in [4.69, 9.17) is 42.0 Å². The van der Waals surface area contributed by atoms with Crippen molar-refractivity contribution in [2.45, 2.75) is 181 Å². The molecule has 0 radical (unpaired) electrons. The van der Waals surface area contributed by atoms with Crippen LogP contribution in [0.3, 0.4) is 0 Å². The summed E-state index contributed by atoms with van der Waals surface area (Å²) in [6.07, 6.45) is 10.2. The van der Waals surface area contributed by atoms with E-state index in [2.05, 4.69) is 173 Å². The van der Waals surface area contributed by atoms with E-state index in [1.165, 1.54) is 10.4 Å². The zero-order valence-electron chi connectivity index (χ0n) is 49.4. The van der Waals surface area contributed by atoms with Crippen molar-refractivity contribution >= 4 is 47.1 Å². The lowest BCUT2D eigenvalue weighted by atomic mass is 9.94. The molecule has 5 atom stereocenters. The zero-order valence-corrected chi connectivity index (χ0v) is 52.4. The largest absolute Gasteiger partial charge is 0.497 e. The number of unbranched alkanes of at least 4 members (excludes halogenated alkanes) is 1. The maximum absolute atomic E-state index is 14.3. The van der Waals surface area contributed by atoms with Gasteiger partial charge in [0.2, 0.25) is 0 Å². The highest BCUT2D eigenvalue weighted by molar-refractivity contribution is 6.99. The fraction of sp³-hybridized carbons (Fsp3) is 0.540. The average molecular weight is 1100 g/mol. The van der Waals surface area contributed by atoms with E-state index in [-0.39, 0.29) is 35.0 Å². The Morgan fingerprint density at radius 2 is 1.38 bits per heavy atom. The van der Waals surface area contributed by atoms with Crippen LogP contribution in [-0.2, 0) is 45.6 Å². The number of carbonyl (C=O) groups excluding carboxylic acids is 1. The van der Waals surface area contributed by atoms with E-state index >= 15 is 0 Å². The summed E-state index contributed by atoms with van der Waals surface area (Å²) in [4.78, 5) is 14.3. The number of benzene rings is 4. The molecular weight excluding hydrogens is 1000 g/mol. The van der Waals surface area contributed by atoms with Crippen LogP contribution in [0.15, 0.2) is 115 Å². The third-order valence-electron chi connectivity index (χ3n) is 14.9. The first-order valence-electron chi connectivity index (χ1n) is 27.5. The molecule has 0 saturated carbocycles. The summed E-state index contributed by atoms with van der Waals surface area (Å²) in [7, 11) is -3.45. The van der Waals surface area contributed by atoms with Gasteiger partial charge in [-0.05, 0) is 127 Å². The smallest absolute Gasteiger partial charge is 0.342 e. The van der Waals surface area contributed by atoms with Gasteiger partial charge in [0.05, 0.1) is 32.5 Å². The molecule has 0 bridgehead atoms. The van der Waals surface area contributed by atoms with Crippen molar-refractivity contribution in [3.05, 3.63) is 138 Å². The topological polar surface area (TPSA) is 100 Å². The summed E-state index contributed by atoms with van der Waals surface area (Å²) in [5.74, 6) is -0.0297. The summed E-state index contributed by atoms with van der Waals surface area (Å²) >= 11 is 0. The number of esters is 1. The highest BCUT2D eigenvalue weighted by Gasteiger charge is 2.52. The Morgan fingerprint density at radius 1 is 0.750 bits per heavy atom. The van der Waals surface area contributed by atoms with Crippen LogP contribution in [-0.4, -0.2) is 95.1 Å². The molecule has 5 rings (SSSR count). The molecule has 0 amide bonds. The summed E-state index contributed by atoms with van der Waals surface area (Å²) in [5.41, 5.74) is 3.26. The van der Waals surface area contributed by atoms with Crippen LogP contribution in [0.2, 0.25) is 48.9 Å². The number of hydrogen-bond acceptors (Lipinski definition) is 10. The maximum Gasteiger partial charge on any atom is 0.342 e. The quantitative estimate of drug-likeness (QED) is 0.0180. The molecule has 10 nitrogen and oxygen atoms in total. The van der Waals surface area contributed by atoms with Crippen LogP contribution in [0.4, 0.5) is 0 Å². The van der Waals surface area contributed by atoms with Crippen LogP contribution in [0.25, 0.3) is 6.08 Å². The molecule has 1 fully saturated rings. The summed E-state index contributed by atoms with van der Waals surface area (Å²) in [6.45, 7) is 35.0. The first-order valence-corrected chi connectivity index (χ1v) is 36.1. The van der Waals surface area contributed by atoms with E-state index in [0.29, 0.717) is 44.0 Å². The lowest BCUT2D eigenvalue weighted by molar-refractivity contribution is -0.151. The maximum atomic E-state index is 14.3. The molecule has 0 spiro atoms. The van der Waals surface area contributed by atoms with Gasteiger partial charge in [-0.3, -0.25) is 0 Å². The second kappa shape index (κ2) is 27.6. The molecule has 76 heavy (non-hydrogen) atoms. The van der Waals surface area contributed by atoms with Crippen molar-refractivity contribution in [3.63, 3.8) is 0 Å². The predicted molar refractivity (Wildman–Crippen MR) is 319 cm³/mol. The Morgan fingerprint density at radius 3 is 1.95 bits per heavy atom. The standard InChI is InChI=1S/C63H94O10Si3/c1-47(48(2)72-76(62(6,7)8,52-28-20-18-21-29-52)53-30-22-19-23-31-53)34-40-57(73-75(16,17)61(3,4)5)59-56(70-63(9,10)71-59)33-26-32-54-50(27-24-25-42-67-45-49-35-38-51(66-12)39-36-49)37-41-55(69-46-65-11)58(54)60(64)68-43-44-74(13,14)15/h18-23,26,28-32,34-41,47-48,56-57,59H,24-25,27,33,42-46H2,1-17H3/b32-26+,40-34-/t47-,48+,56+,57?,59+/m1/s1. The van der Waals surface area contributed by atoms with Crippen molar-refractivity contribution in [2.24, 2.45) is 5.92 Å². The van der Waals surface area contributed by atoms with Gasteiger partial charge < -0.3 is 42.0 Å². The Hall–Kier alpha value is -4.16. The molecule has 1 aliphatic heterocycles. The van der Waals surface area contributed by atoms with Crippen molar-refractivity contribution < 1.29 is 46.8 Å². The summed E-state index contributed by atoms with van der Waals surface area (Å²) < 4.78 is 57.6. The second-order valence-corrected chi connectivity index (χ2v) is 39.3. The number of carbonyl (C=O) groups is 1. The third kappa shape index (κ3) is 17.4. The molecular formula is C63H94O10Si3. The monoisotopic (exact) mass is 1090 g/mol. The van der Waals surface area contributed by atoms with Gasteiger partial charge in [0, 0.05) is 27.9 Å². The van der Waals surface area contributed by atoms with Crippen LogP contribution in [0, 0.1) is 5.92 Å². The molecule has 4 aromatic carbocycles. The molecule has 4 aromatic rings. The predicted octanol–water partition coefficient (Wildman–Crippen LogP) is 14.2. The SMILES string of the molecule is COCOc1ccc(CCCCOCc2ccc(OC)cc2)c(/C=C/C[C@@H]2OC(C)(C)O[C@@H]2C(/C=C\[C@@H](C)[C@H](C)O[Si](c2ccccc2)(c2ccccc2)C(C)(C)C)O[Si](C)(C)C(C)(C)C)c1C(=O)OCC[Si](C)(C)C. The van der Waals surface area contributed by atoms with Gasteiger partial charge in [-0.1, -0.05) is 171 Å². The van der Waals surface area contributed by atoms with E-state index in [1.807, 2.05) is 50.3 Å². The Balaban J connectivity index is 1.47. The molecule has 0 N–H and O–H groups in total. The fourth-order valence-electron chi connectivity index (χ4n) is 9.35. The number of rotatable bonds is 28. The number of ether oxygens (including phenoxy) is 7. The lowest BCUT2D eigenvalue weighted by Gasteiger charge is -2.45. The molecule has 1 unspecified atom stereocenters. The number of methoxy groups -OCH3 is 2. The van der Waals surface area contributed by atoms with Crippen molar-refractivity contribution in [1.29, 1.82) is 0 Å². The first kappa shape index (κ1) is 62.7. The normalized spacial score (nSPS) is 17.8. The van der Waals surface area contributed by atoms with Crippen LogP contribution < -0.4 is 19.8 Å². The summed E-state index contributed by atoms with van der Waals surface area (Å²) in [6, 6.07) is 34.4. The van der Waals surface area contributed by atoms with Crippen molar-refractivity contribution in [1.82, 2.24) is 0 Å². The molecule has 13 heteroatoms. The van der Waals surface area contributed by atoms with E-state index in [9.17, 15) is 4.79 Å². The fourth-order valence-corrected chi connectivity index (χ4v) is 16.1. The highest BCUT2D eigenvalue weighted by atomic mass is 28.4. The lowest BCUT2D eigenvalue weighted by Crippen LogP contribution is -2.67. The van der Waals surface area contributed by atoms with Gasteiger partial charge in [0.15, 0.2) is 20.9 Å². The zero-order chi connectivity index (χ0) is 56.0. The van der Waals surface area contributed by atoms with Crippen LogP contribution in [0.5, 0.6) is 11.5 Å². The number of aryl methyl sites for hydroxylation is 1. The van der Waals surface area contributed by atoms with Crippen LogP contribution >= 0.6 is 0 Å². The first-order chi connectivity index (χ1) is 35.7. The highest BCUT2D eigenvalue weighted by Crippen LogP contribution is 2.42. The van der Waals surface area contributed by atoms with Gasteiger partial charge >= 0.3 is 5.97 Å². The molecule has 1 aliphatic rings. The Kier molecular flexibility index (Phi) is 22.8. The third-order valence-corrected chi connectivity index (χ3v) is 26.2. The minimum atomic E-state index is -2.82. The second-order valence-electron chi connectivity index (χ2n) is 24.7. The van der Waals surface area contributed by atoms with Crippen molar-refractivity contribution in [3.8, 4) is 11.5 Å². The molecule has 0 aromatic heterocycles.